The van der Waals surface area contributed by atoms with Crippen LogP contribution in [-0.4, -0.2) is 59.6 Å². The number of tetrazole rings is 1. The van der Waals surface area contributed by atoms with E-state index in [1.807, 2.05) is 50.2 Å². The molecule has 2 saturated heterocycles. The zero-order chi connectivity index (χ0) is 25.3. The summed E-state index contributed by atoms with van der Waals surface area (Å²) < 4.78 is 4.93. The fourth-order valence-electron chi connectivity index (χ4n) is 4.51. The molecular formula is C24H25N7O4S. The van der Waals surface area contributed by atoms with Crippen LogP contribution in [0.15, 0.2) is 60.7 Å². The van der Waals surface area contributed by atoms with Crippen LogP contribution in [0.2, 0.25) is 0 Å². The lowest BCUT2D eigenvalue weighted by atomic mass is 9.95. The first-order chi connectivity index (χ1) is 17.3. The zero-order valence-corrected chi connectivity index (χ0v) is 20.4. The normalized spacial score (nSPS) is 22.8. The molecule has 36 heavy (non-hydrogen) atoms. The Morgan fingerprint density at radius 1 is 1.14 bits per heavy atom. The van der Waals surface area contributed by atoms with Gasteiger partial charge < -0.3 is 20.3 Å². The number of amides is 3. The van der Waals surface area contributed by atoms with E-state index >= 15 is 0 Å². The van der Waals surface area contributed by atoms with Crippen molar-refractivity contribution in [1.82, 2.24) is 36.2 Å². The number of alkyl carbamates (subject to hydrolysis) is 1. The van der Waals surface area contributed by atoms with Crippen LogP contribution in [0.1, 0.15) is 42.9 Å². The Morgan fingerprint density at radius 3 is 2.50 bits per heavy atom. The van der Waals surface area contributed by atoms with Gasteiger partial charge in [0.05, 0.1) is 0 Å². The SMILES string of the molecule is CC1(C)S[C@@H]2C(NC(=O)C(NC(=O)OCc3ccccc3)c3ccccc3)C(=O)N2C1c1nn[nH]n1. The first-order valence-corrected chi connectivity index (χ1v) is 12.3. The number of hydrogen-bond donors (Lipinski definition) is 3. The van der Waals surface area contributed by atoms with Crippen LogP contribution in [-0.2, 0) is 20.9 Å². The van der Waals surface area contributed by atoms with Crippen molar-refractivity contribution in [1.29, 1.82) is 0 Å². The van der Waals surface area contributed by atoms with Crippen LogP contribution in [0.4, 0.5) is 4.79 Å². The molecule has 4 atom stereocenters. The highest BCUT2D eigenvalue weighted by molar-refractivity contribution is 8.01. The first-order valence-electron chi connectivity index (χ1n) is 11.4. The molecule has 3 aromatic rings. The molecule has 3 amide bonds. The quantitative estimate of drug-likeness (QED) is 0.413. The Labute approximate surface area is 211 Å². The molecule has 0 spiro atoms. The van der Waals surface area contributed by atoms with E-state index < -0.39 is 24.1 Å². The van der Waals surface area contributed by atoms with Gasteiger partial charge in [0.15, 0.2) is 5.82 Å². The number of hydrogen-bond acceptors (Lipinski definition) is 8. The maximum absolute atomic E-state index is 13.4. The lowest BCUT2D eigenvalue weighted by Crippen LogP contribution is -2.68. The smallest absolute Gasteiger partial charge is 0.408 e. The molecule has 0 aliphatic carbocycles. The molecule has 3 N–H and O–H groups in total. The van der Waals surface area contributed by atoms with E-state index in [1.54, 1.807) is 40.9 Å². The number of nitrogens with zero attached hydrogens (tertiary/aromatic N) is 4. The molecule has 2 aromatic carbocycles. The van der Waals surface area contributed by atoms with Gasteiger partial charge in [-0.25, -0.2) is 4.79 Å². The van der Waals surface area contributed by atoms with Crippen molar-refractivity contribution in [3.63, 3.8) is 0 Å². The number of thioether (sulfide) groups is 1. The van der Waals surface area contributed by atoms with Gasteiger partial charge in [0, 0.05) is 4.75 Å². The highest BCUT2D eigenvalue weighted by Crippen LogP contribution is 2.56. The lowest BCUT2D eigenvalue weighted by Gasteiger charge is -2.44. The summed E-state index contributed by atoms with van der Waals surface area (Å²) in [5, 5.41) is 19.4. The van der Waals surface area contributed by atoms with Gasteiger partial charge in [0.25, 0.3) is 0 Å². The summed E-state index contributed by atoms with van der Waals surface area (Å²) in [5.74, 6) is -0.310. The van der Waals surface area contributed by atoms with Crippen molar-refractivity contribution in [2.75, 3.05) is 0 Å². The molecule has 5 rings (SSSR count). The number of ether oxygens (including phenoxy) is 1. The van der Waals surface area contributed by atoms with Gasteiger partial charge in [0.2, 0.25) is 11.8 Å². The number of nitrogens with one attached hydrogen (secondary N) is 3. The molecule has 2 aliphatic rings. The Bertz CT molecular complexity index is 1240. The van der Waals surface area contributed by atoms with Gasteiger partial charge >= 0.3 is 6.09 Å². The zero-order valence-electron chi connectivity index (χ0n) is 19.6. The van der Waals surface area contributed by atoms with Crippen LogP contribution in [0.3, 0.4) is 0 Å². The standard InChI is InChI=1S/C24H25N7O4S/c1-24(2)18(19-27-29-30-28-19)31-21(33)17(22(31)36-24)25-20(32)16(15-11-7-4-8-12-15)26-23(34)35-13-14-9-5-3-6-10-14/h3-12,16-18,22H,13H2,1-2H3,(H,25,32)(H,26,34)(H,27,28,29,30)/t16?,17?,18?,22-/m1/s1. The van der Waals surface area contributed by atoms with Crippen LogP contribution in [0, 0.1) is 0 Å². The molecule has 0 saturated carbocycles. The Hall–Kier alpha value is -3.93. The number of fused-ring (bicyclic) bond motifs is 1. The van der Waals surface area contributed by atoms with Gasteiger partial charge in [-0.3, -0.25) is 9.59 Å². The van der Waals surface area contributed by atoms with Crippen molar-refractivity contribution >= 4 is 29.7 Å². The van der Waals surface area contributed by atoms with E-state index in [2.05, 4.69) is 31.3 Å². The predicted molar refractivity (Wildman–Crippen MR) is 130 cm³/mol. The molecular weight excluding hydrogens is 482 g/mol. The Morgan fingerprint density at radius 2 is 1.83 bits per heavy atom. The lowest BCUT2D eigenvalue weighted by molar-refractivity contribution is -0.152. The molecule has 11 nitrogen and oxygen atoms in total. The molecule has 2 fully saturated rings. The molecule has 12 heteroatoms. The summed E-state index contributed by atoms with van der Waals surface area (Å²) in [5.41, 5.74) is 1.39. The number of carbonyl (C=O) groups excluding carboxylic acids is 3. The number of aromatic amines is 1. The molecule has 1 aromatic heterocycles. The average molecular weight is 508 g/mol. The minimum atomic E-state index is -1.04. The number of H-pyrrole nitrogens is 1. The second-order valence-corrected chi connectivity index (χ2v) is 10.8. The van der Waals surface area contributed by atoms with E-state index in [4.69, 9.17) is 4.74 Å². The third-order valence-corrected chi connectivity index (χ3v) is 7.79. The fourth-order valence-corrected chi connectivity index (χ4v) is 6.14. The Kier molecular flexibility index (Phi) is 6.35. The van der Waals surface area contributed by atoms with Crippen molar-refractivity contribution in [2.45, 2.75) is 48.7 Å². The van der Waals surface area contributed by atoms with E-state index in [0.29, 0.717) is 11.4 Å². The molecule has 2 aliphatic heterocycles. The number of rotatable bonds is 7. The second-order valence-electron chi connectivity index (χ2n) is 9.07. The molecule has 186 valence electrons. The molecule has 3 unspecified atom stereocenters. The third-order valence-electron chi connectivity index (χ3n) is 6.22. The van der Waals surface area contributed by atoms with E-state index in [0.717, 1.165) is 5.56 Å². The summed E-state index contributed by atoms with van der Waals surface area (Å²) in [6.45, 7) is 4.07. The number of carbonyl (C=O) groups is 3. The number of β-lactam (4-membered cyclic amide) rings is 1. The van der Waals surface area contributed by atoms with Crippen LogP contribution in [0.5, 0.6) is 0 Å². The van der Waals surface area contributed by atoms with Crippen molar-refractivity contribution in [3.8, 4) is 0 Å². The minimum absolute atomic E-state index is 0.0666. The fraction of sp³-hybridized carbons (Fsp3) is 0.333. The largest absolute Gasteiger partial charge is 0.445 e. The summed E-state index contributed by atoms with van der Waals surface area (Å²) in [6.07, 6.45) is -0.738. The topological polar surface area (TPSA) is 142 Å². The maximum Gasteiger partial charge on any atom is 0.408 e. The molecule has 3 heterocycles. The minimum Gasteiger partial charge on any atom is -0.445 e. The molecule has 0 radical (unpaired) electrons. The van der Waals surface area contributed by atoms with Crippen molar-refractivity contribution in [2.24, 2.45) is 0 Å². The highest BCUT2D eigenvalue weighted by Gasteiger charge is 2.63. The molecule has 0 bridgehead atoms. The summed E-state index contributed by atoms with van der Waals surface area (Å²) in [7, 11) is 0. The van der Waals surface area contributed by atoms with Gasteiger partial charge in [-0.15, -0.1) is 22.0 Å². The number of benzene rings is 2. The van der Waals surface area contributed by atoms with Crippen molar-refractivity contribution < 1.29 is 19.1 Å². The maximum atomic E-state index is 13.4. The second kappa shape index (κ2) is 9.61. The van der Waals surface area contributed by atoms with Crippen LogP contribution in [0.25, 0.3) is 0 Å². The van der Waals surface area contributed by atoms with Gasteiger partial charge in [-0.1, -0.05) is 65.9 Å². The van der Waals surface area contributed by atoms with E-state index in [9.17, 15) is 14.4 Å². The van der Waals surface area contributed by atoms with Crippen molar-refractivity contribution in [3.05, 3.63) is 77.6 Å². The predicted octanol–water partition coefficient (Wildman–Crippen LogP) is 2.09. The average Bonchev–Trinajstić information content (AvgIpc) is 3.49. The van der Waals surface area contributed by atoms with Crippen LogP contribution < -0.4 is 10.6 Å². The summed E-state index contributed by atoms with van der Waals surface area (Å²) in [4.78, 5) is 40.7. The van der Waals surface area contributed by atoms with Crippen LogP contribution >= 0.6 is 11.8 Å². The Balaban J connectivity index is 1.28. The summed E-state index contributed by atoms with van der Waals surface area (Å²) >= 11 is 1.56. The van der Waals surface area contributed by atoms with Gasteiger partial charge in [0.1, 0.15) is 30.1 Å². The summed E-state index contributed by atoms with van der Waals surface area (Å²) in [6, 6.07) is 15.9. The van der Waals surface area contributed by atoms with E-state index in [1.165, 1.54) is 0 Å². The highest BCUT2D eigenvalue weighted by atomic mass is 32.2. The number of aromatic nitrogens is 4. The van der Waals surface area contributed by atoms with E-state index in [-0.39, 0.29) is 28.7 Å². The third kappa shape index (κ3) is 4.51. The van der Waals surface area contributed by atoms with Gasteiger partial charge in [-0.2, -0.15) is 5.21 Å². The first kappa shape index (κ1) is 23.8. The monoisotopic (exact) mass is 507 g/mol. The van der Waals surface area contributed by atoms with Gasteiger partial charge in [-0.05, 0) is 25.0 Å².